The molecule has 0 spiro atoms. The van der Waals surface area contributed by atoms with Crippen molar-refractivity contribution < 1.29 is 31.7 Å². The maximum absolute atomic E-state index is 12.8. The van der Waals surface area contributed by atoms with Gasteiger partial charge >= 0.3 is 12.2 Å². The molecule has 0 heterocycles. The average Bonchev–Trinajstić information content (AvgIpc) is 2.89. The summed E-state index contributed by atoms with van der Waals surface area (Å²) in [4.78, 5) is 25.2. The quantitative estimate of drug-likeness (QED) is 0.330. The maximum atomic E-state index is 12.8. The van der Waals surface area contributed by atoms with E-state index in [9.17, 15) is 18.0 Å². The molecule has 3 aromatic carbocycles. The number of hydrazine groups is 1. The van der Waals surface area contributed by atoms with Gasteiger partial charge in [-0.2, -0.15) is 8.42 Å². The van der Waals surface area contributed by atoms with Gasteiger partial charge in [0.15, 0.2) is 0 Å². The third-order valence-electron chi connectivity index (χ3n) is 5.04. The van der Waals surface area contributed by atoms with Crippen LogP contribution < -0.4 is 5.43 Å². The summed E-state index contributed by atoms with van der Waals surface area (Å²) < 4.78 is 40.8. The van der Waals surface area contributed by atoms with Crippen molar-refractivity contribution in [3.63, 3.8) is 0 Å². The van der Waals surface area contributed by atoms with Crippen molar-refractivity contribution in [3.05, 3.63) is 102 Å². The average molecular weight is 513 g/mol. The van der Waals surface area contributed by atoms with E-state index in [1.54, 1.807) is 60.7 Å². The van der Waals surface area contributed by atoms with E-state index < -0.39 is 35.0 Å². The van der Waals surface area contributed by atoms with Gasteiger partial charge in [-0.25, -0.2) is 20.0 Å². The van der Waals surface area contributed by atoms with Gasteiger partial charge in [0.05, 0.1) is 17.5 Å². The van der Waals surface area contributed by atoms with E-state index >= 15 is 0 Å². The number of carbonyl (C=O) groups excluding carboxylic acids is 2. The van der Waals surface area contributed by atoms with Crippen molar-refractivity contribution in [2.45, 2.75) is 38.0 Å². The smallest absolute Gasteiger partial charge is 0.429 e. The Balaban J connectivity index is 1.66. The number of nitrogens with one attached hydrogen (secondary N) is 1. The van der Waals surface area contributed by atoms with Gasteiger partial charge in [0.25, 0.3) is 10.1 Å². The van der Waals surface area contributed by atoms with Crippen molar-refractivity contribution in [2.75, 3.05) is 6.61 Å². The molecule has 0 unspecified atom stereocenters. The van der Waals surface area contributed by atoms with Crippen LogP contribution >= 0.6 is 0 Å². The molecule has 9 nitrogen and oxygen atoms in total. The normalized spacial score (nSPS) is 11.8. The molecular weight excluding hydrogens is 484 g/mol. The van der Waals surface area contributed by atoms with Crippen LogP contribution in [-0.2, 0) is 37.0 Å². The molecule has 1 atom stereocenters. The van der Waals surface area contributed by atoms with Crippen LogP contribution in [0.4, 0.5) is 9.59 Å². The molecule has 3 aromatic rings. The van der Waals surface area contributed by atoms with Crippen LogP contribution in [0.2, 0.25) is 0 Å². The Morgan fingerprint density at radius 2 is 1.36 bits per heavy atom. The van der Waals surface area contributed by atoms with Crippen LogP contribution in [0.25, 0.3) is 0 Å². The summed E-state index contributed by atoms with van der Waals surface area (Å²) in [5.74, 6) is 0. The summed E-state index contributed by atoms with van der Waals surface area (Å²) in [6.45, 7) is 2.83. The molecule has 0 aliphatic heterocycles. The summed E-state index contributed by atoms with van der Waals surface area (Å²) in [5.41, 5.74) is 4.72. The fraction of sp³-hybridized carbons (Fsp3) is 0.231. The fourth-order valence-corrected chi connectivity index (χ4v) is 4.00. The molecule has 1 N–H and O–H groups in total. The topological polar surface area (TPSA) is 111 Å². The van der Waals surface area contributed by atoms with E-state index in [0.717, 1.165) is 21.7 Å². The highest BCUT2D eigenvalue weighted by Crippen LogP contribution is 2.15. The molecule has 0 aromatic heterocycles. The van der Waals surface area contributed by atoms with E-state index in [0.29, 0.717) is 0 Å². The molecule has 0 fully saturated rings. The monoisotopic (exact) mass is 512 g/mol. The van der Waals surface area contributed by atoms with Gasteiger partial charge < -0.3 is 9.47 Å². The third-order valence-corrected chi connectivity index (χ3v) is 6.34. The Morgan fingerprint density at radius 3 is 1.92 bits per heavy atom. The molecular formula is C26H28N2O7S. The lowest BCUT2D eigenvalue weighted by molar-refractivity contribution is 0.0400. The van der Waals surface area contributed by atoms with Gasteiger partial charge in [0.2, 0.25) is 0 Å². The summed E-state index contributed by atoms with van der Waals surface area (Å²) in [6, 6.07) is 23.2. The van der Waals surface area contributed by atoms with Crippen LogP contribution in [0, 0.1) is 6.92 Å². The maximum Gasteiger partial charge on any atom is 0.429 e. The summed E-state index contributed by atoms with van der Waals surface area (Å²) in [7, 11) is -4.08. The molecule has 10 heteroatoms. The Kier molecular flexibility index (Phi) is 9.43. The van der Waals surface area contributed by atoms with E-state index in [-0.39, 0.29) is 18.1 Å². The van der Waals surface area contributed by atoms with Gasteiger partial charge in [0.1, 0.15) is 13.2 Å². The predicted molar refractivity (Wildman–Crippen MR) is 132 cm³/mol. The number of rotatable bonds is 9. The Hall–Kier alpha value is -3.89. The lowest BCUT2D eigenvalue weighted by Crippen LogP contribution is -2.52. The van der Waals surface area contributed by atoms with E-state index in [4.69, 9.17) is 13.7 Å². The SMILES string of the molecule is Cc1ccc(S(=O)(=O)OC[C@@H](C)N(NC(=O)OCc2ccccc2)C(=O)OCc2ccccc2)cc1. The second kappa shape index (κ2) is 12.7. The van der Waals surface area contributed by atoms with Crippen molar-refractivity contribution in [1.82, 2.24) is 10.4 Å². The predicted octanol–water partition coefficient (Wildman–Crippen LogP) is 4.57. The van der Waals surface area contributed by atoms with Crippen molar-refractivity contribution in [2.24, 2.45) is 0 Å². The summed E-state index contributed by atoms with van der Waals surface area (Å²) in [5, 5.41) is 0.848. The van der Waals surface area contributed by atoms with Gasteiger partial charge in [0, 0.05) is 0 Å². The Morgan fingerprint density at radius 1 is 0.833 bits per heavy atom. The summed E-state index contributed by atoms with van der Waals surface area (Å²) >= 11 is 0. The van der Waals surface area contributed by atoms with Gasteiger partial charge in [-0.15, -0.1) is 0 Å². The first kappa shape index (κ1) is 26.7. The molecule has 2 amide bonds. The second-order valence-corrected chi connectivity index (χ2v) is 9.60. The van der Waals surface area contributed by atoms with Crippen LogP contribution in [0.15, 0.2) is 89.8 Å². The number of carbonyl (C=O) groups is 2. The van der Waals surface area contributed by atoms with Crippen LogP contribution in [-0.4, -0.2) is 38.3 Å². The zero-order chi connectivity index (χ0) is 26.0. The highest BCUT2D eigenvalue weighted by atomic mass is 32.2. The van der Waals surface area contributed by atoms with E-state index in [1.165, 1.54) is 19.1 Å². The molecule has 0 aliphatic rings. The largest absolute Gasteiger partial charge is 0.443 e. The van der Waals surface area contributed by atoms with Gasteiger partial charge in [-0.3, -0.25) is 4.18 Å². The zero-order valence-corrected chi connectivity index (χ0v) is 20.8. The minimum absolute atomic E-state index is 0.0197. The molecule has 0 saturated carbocycles. The number of benzene rings is 3. The number of aryl methyl sites for hydroxylation is 1. The highest BCUT2D eigenvalue weighted by Gasteiger charge is 2.27. The lowest BCUT2D eigenvalue weighted by atomic mass is 10.2. The van der Waals surface area contributed by atoms with Crippen LogP contribution in [0.1, 0.15) is 23.6 Å². The number of nitrogens with zero attached hydrogens (tertiary/aromatic N) is 1. The minimum atomic E-state index is -4.08. The summed E-state index contributed by atoms with van der Waals surface area (Å²) in [6.07, 6.45) is -1.82. The molecule has 0 radical (unpaired) electrons. The number of amides is 2. The van der Waals surface area contributed by atoms with Crippen molar-refractivity contribution >= 4 is 22.3 Å². The molecule has 3 rings (SSSR count). The lowest BCUT2D eigenvalue weighted by Gasteiger charge is -2.28. The van der Waals surface area contributed by atoms with Crippen LogP contribution in [0.3, 0.4) is 0 Å². The zero-order valence-electron chi connectivity index (χ0n) is 20.0. The third kappa shape index (κ3) is 8.10. The fourth-order valence-electron chi connectivity index (χ4n) is 3.01. The minimum Gasteiger partial charge on any atom is -0.443 e. The molecule has 36 heavy (non-hydrogen) atoms. The standard InChI is InChI=1S/C26H28N2O7S/c1-20-13-15-24(16-14-20)36(31,32)35-17-21(2)28(26(30)34-19-23-11-7-4-8-12-23)27-25(29)33-18-22-9-5-3-6-10-22/h3-16,21H,17-19H2,1-2H3,(H,27,29)/t21-/m1/s1. The molecule has 0 aliphatic carbocycles. The molecule has 0 bridgehead atoms. The molecule has 0 saturated heterocycles. The Labute approximate surface area is 210 Å². The first-order chi connectivity index (χ1) is 17.2. The number of hydrogen-bond acceptors (Lipinski definition) is 7. The molecule has 190 valence electrons. The van der Waals surface area contributed by atoms with Crippen molar-refractivity contribution in [3.8, 4) is 0 Å². The first-order valence-corrected chi connectivity index (χ1v) is 12.6. The number of ether oxygens (including phenoxy) is 2. The van der Waals surface area contributed by atoms with E-state index in [1.807, 2.05) is 19.1 Å². The van der Waals surface area contributed by atoms with Gasteiger partial charge in [-0.05, 0) is 37.1 Å². The van der Waals surface area contributed by atoms with E-state index in [2.05, 4.69) is 5.43 Å². The second-order valence-electron chi connectivity index (χ2n) is 7.98. The Bertz CT molecular complexity index is 1230. The van der Waals surface area contributed by atoms with Gasteiger partial charge in [-0.1, -0.05) is 78.4 Å². The highest BCUT2D eigenvalue weighted by molar-refractivity contribution is 7.86. The van der Waals surface area contributed by atoms with Crippen molar-refractivity contribution in [1.29, 1.82) is 0 Å². The first-order valence-electron chi connectivity index (χ1n) is 11.2. The van der Waals surface area contributed by atoms with Crippen LogP contribution in [0.5, 0.6) is 0 Å². The number of hydrogen-bond donors (Lipinski definition) is 1.